The molecule has 0 radical (unpaired) electrons. The number of rotatable bonds is 2. The Morgan fingerprint density at radius 2 is 2.27 bits per heavy atom. The van der Waals surface area contributed by atoms with Crippen molar-refractivity contribution in [1.29, 1.82) is 0 Å². The van der Waals surface area contributed by atoms with Crippen molar-refractivity contribution in [1.82, 2.24) is 0 Å². The predicted octanol–water partition coefficient (Wildman–Crippen LogP) is 2.06. The van der Waals surface area contributed by atoms with Gasteiger partial charge in [-0.25, -0.2) is 9.18 Å². The van der Waals surface area contributed by atoms with Crippen LogP contribution in [-0.2, 0) is 9.53 Å². The Morgan fingerprint density at radius 3 is 2.87 bits per heavy atom. The van der Waals surface area contributed by atoms with Crippen LogP contribution in [0.2, 0.25) is 0 Å². The minimum Gasteiger partial charge on any atom is -0.464 e. The van der Waals surface area contributed by atoms with Crippen LogP contribution in [-0.4, -0.2) is 13.1 Å². The van der Waals surface area contributed by atoms with Crippen LogP contribution in [0.5, 0.6) is 0 Å². The summed E-state index contributed by atoms with van der Waals surface area (Å²) in [5.74, 6) is -1.05. The minimum absolute atomic E-state index is 0.0798. The number of carbonyl (C=O) groups excluding carboxylic acids is 1. The number of hydrogen-bond acceptors (Lipinski definition) is 3. The minimum atomic E-state index is -0.647. The van der Waals surface area contributed by atoms with Crippen molar-refractivity contribution in [3.63, 3.8) is 0 Å². The highest BCUT2D eigenvalue weighted by Gasteiger charge is 2.06. The third-order valence-corrected chi connectivity index (χ3v) is 2.41. The summed E-state index contributed by atoms with van der Waals surface area (Å²) in [5.41, 5.74) is 5.83. The van der Waals surface area contributed by atoms with Crippen LogP contribution >= 0.6 is 15.9 Å². The number of methoxy groups -OCH3 is 1. The summed E-state index contributed by atoms with van der Waals surface area (Å²) in [6, 6.07) is 4.10. The Morgan fingerprint density at radius 1 is 1.60 bits per heavy atom. The quantitative estimate of drug-likeness (QED) is 0.663. The number of ether oxygens (including phenoxy) is 1. The molecule has 0 aliphatic carbocycles. The fraction of sp³-hybridized carbons (Fsp3) is 0.100. The van der Waals surface area contributed by atoms with Gasteiger partial charge in [-0.3, -0.25) is 0 Å². The first-order chi connectivity index (χ1) is 7.04. The first kappa shape index (κ1) is 11.7. The van der Waals surface area contributed by atoms with Crippen molar-refractivity contribution in [3.8, 4) is 0 Å². The van der Waals surface area contributed by atoms with E-state index in [9.17, 15) is 9.18 Å². The van der Waals surface area contributed by atoms with Crippen LogP contribution in [0.15, 0.2) is 28.4 Å². The van der Waals surface area contributed by atoms with Gasteiger partial charge in [-0.2, -0.15) is 0 Å². The smallest absolute Gasteiger partial charge is 0.353 e. The molecule has 1 aromatic rings. The fourth-order valence-electron chi connectivity index (χ4n) is 0.970. The van der Waals surface area contributed by atoms with Gasteiger partial charge in [-0.05, 0) is 29.8 Å². The molecule has 15 heavy (non-hydrogen) atoms. The van der Waals surface area contributed by atoms with E-state index in [4.69, 9.17) is 5.73 Å². The van der Waals surface area contributed by atoms with Gasteiger partial charge in [-0.1, -0.05) is 15.9 Å². The summed E-state index contributed by atoms with van der Waals surface area (Å²) in [7, 11) is 1.23. The average Bonchev–Trinajstić information content (AvgIpc) is 2.22. The van der Waals surface area contributed by atoms with Crippen molar-refractivity contribution >= 4 is 28.0 Å². The normalized spacial score (nSPS) is 11.3. The summed E-state index contributed by atoms with van der Waals surface area (Å²) in [4.78, 5) is 11.0. The largest absolute Gasteiger partial charge is 0.464 e. The zero-order chi connectivity index (χ0) is 11.4. The van der Waals surface area contributed by atoms with E-state index in [1.807, 2.05) is 0 Å². The molecule has 1 rings (SSSR count). The summed E-state index contributed by atoms with van der Waals surface area (Å²) < 4.78 is 17.9. The number of esters is 1. The first-order valence-electron chi connectivity index (χ1n) is 4.05. The van der Waals surface area contributed by atoms with E-state index in [2.05, 4.69) is 20.7 Å². The molecule has 0 bridgehead atoms. The van der Waals surface area contributed by atoms with E-state index >= 15 is 0 Å². The molecular weight excluding hydrogens is 265 g/mol. The van der Waals surface area contributed by atoms with Gasteiger partial charge in [0.2, 0.25) is 0 Å². The maximum atomic E-state index is 12.9. The number of benzene rings is 1. The lowest BCUT2D eigenvalue weighted by molar-refractivity contribution is -0.136. The van der Waals surface area contributed by atoms with Crippen LogP contribution in [0.1, 0.15) is 5.56 Å². The number of carbonyl (C=O) groups is 1. The Labute approximate surface area is 94.8 Å². The molecule has 0 aliphatic rings. The topological polar surface area (TPSA) is 52.3 Å². The van der Waals surface area contributed by atoms with E-state index in [0.29, 0.717) is 10.0 Å². The molecule has 1 aromatic carbocycles. The highest BCUT2D eigenvalue weighted by Crippen LogP contribution is 2.19. The maximum Gasteiger partial charge on any atom is 0.353 e. The molecule has 0 unspecified atom stereocenters. The highest BCUT2D eigenvalue weighted by atomic mass is 79.9. The van der Waals surface area contributed by atoms with Crippen molar-refractivity contribution in [3.05, 3.63) is 39.7 Å². The van der Waals surface area contributed by atoms with E-state index in [1.54, 1.807) is 0 Å². The van der Waals surface area contributed by atoms with Crippen LogP contribution < -0.4 is 5.73 Å². The van der Waals surface area contributed by atoms with Gasteiger partial charge in [0.1, 0.15) is 11.5 Å². The van der Waals surface area contributed by atoms with E-state index in [-0.39, 0.29) is 5.70 Å². The second-order valence-corrected chi connectivity index (χ2v) is 3.61. The lowest BCUT2D eigenvalue weighted by Gasteiger charge is -2.01. The molecule has 0 saturated carbocycles. The second kappa shape index (κ2) is 4.93. The summed E-state index contributed by atoms with van der Waals surface area (Å²) >= 11 is 3.21. The SMILES string of the molecule is COC(=O)/C(N)=C/c1cc(F)ccc1Br. The van der Waals surface area contributed by atoms with Crippen molar-refractivity contribution in [2.45, 2.75) is 0 Å². The van der Waals surface area contributed by atoms with Gasteiger partial charge in [0.25, 0.3) is 0 Å². The molecule has 0 heterocycles. The molecule has 0 fully saturated rings. The average molecular weight is 274 g/mol. The van der Waals surface area contributed by atoms with Crippen LogP contribution in [0.3, 0.4) is 0 Å². The molecule has 0 amide bonds. The molecule has 2 N–H and O–H groups in total. The first-order valence-corrected chi connectivity index (χ1v) is 4.84. The van der Waals surface area contributed by atoms with Gasteiger partial charge in [0, 0.05) is 4.47 Å². The standard InChI is InChI=1S/C10H9BrFNO2/c1-15-10(14)9(13)5-6-4-7(12)2-3-8(6)11/h2-5H,13H2,1H3/b9-5-. The van der Waals surface area contributed by atoms with Gasteiger partial charge < -0.3 is 10.5 Å². The van der Waals surface area contributed by atoms with Crippen molar-refractivity contribution in [2.75, 3.05) is 7.11 Å². The Hall–Kier alpha value is -1.36. The zero-order valence-corrected chi connectivity index (χ0v) is 9.55. The predicted molar refractivity (Wildman–Crippen MR) is 58.3 cm³/mol. The van der Waals surface area contributed by atoms with Gasteiger partial charge in [0.05, 0.1) is 7.11 Å². The Balaban J connectivity index is 3.07. The molecule has 0 aliphatic heterocycles. The van der Waals surface area contributed by atoms with E-state index in [1.165, 1.54) is 31.4 Å². The summed E-state index contributed by atoms with van der Waals surface area (Å²) in [6.07, 6.45) is 1.35. The molecule has 0 saturated heterocycles. The molecular formula is C10H9BrFNO2. The number of nitrogens with two attached hydrogens (primary N) is 1. The molecule has 3 nitrogen and oxygen atoms in total. The van der Waals surface area contributed by atoms with E-state index in [0.717, 1.165) is 0 Å². The molecule has 0 spiro atoms. The summed E-state index contributed by atoms with van der Waals surface area (Å²) in [5, 5.41) is 0. The lowest BCUT2D eigenvalue weighted by Crippen LogP contribution is -2.12. The number of halogens is 2. The van der Waals surface area contributed by atoms with Crippen LogP contribution in [0.4, 0.5) is 4.39 Å². The second-order valence-electron chi connectivity index (χ2n) is 2.76. The van der Waals surface area contributed by atoms with Gasteiger partial charge in [0.15, 0.2) is 0 Å². The molecule has 5 heteroatoms. The van der Waals surface area contributed by atoms with Gasteiger partial charge in [-0.15, -0.1) is 0 Å². The third kappa shape index (κ3) is 3.06. The third-order valence-electron chi connectivity index (χ3n) is 1.69. The van der Waals surface area contributed by atoms with Crippen LogP contribution in [0, 0.1) is 5.82 Å². The summed E-state index contributed by atoms with van der Waals surface area (Å²) in [6.45, 7) is 0. The van der Waals surface area contributed by atoms with Crippen LogP contribution in [0.25, 0.3) is 6.08 Å². The van der Waals surface area contributed by atoms with Crippen molar-refractivity contribution < 1.29 is 13.9 Å². The van der Waals surface area contributed by atoms with Gasteiger partial charge >= 0.3 is 5.97 Å². The molecule has 0 atom stereocenters. The monoisotopic (exact) mass is 273 g/mol. The maximum absolute atomic E-state index is 12.9. The number of hydrogen-bond donors (Lipinski definition) is 1. The highest BCUT2D eigenvalue weighted by molar-refractivity contribution is 9.10. The van der Waals surface area contributed by atoms with E-state index < -0.39 is 11.8 Å². The Bertz CT molecular complexity index is 418. The van der Waals surface area contributed by atoms with Crippen molar-refractivity contribution in [2.24, 2.45) is 5.73 Å². The Kier molecular flexibility index (Phi) is 3.85. The zero-order valence-electron chi connectivity index (χ0n) is 7.96. The molecule has 80 valence electrons. The molecule has 0 aromatic heterocycles. The lowest BCUT2D eigenvalue weighted by atomic mass is 10.2. The fourth-order valence-corrected chi connectivity index (χ4v) is 1.33.